The van der Waals surface area contributed by atoms with E-state index < -0.39 is 12.2 Å². The van der Waals surface area contributed by atoms with Gasteiger partial charge in [-0.1, -0.05) is 24.3 Å². The van der Waals surface area contributed by atoms with Gasteiger partial charge in [-0.2, -0.15) is 0 Å². The molecule has 31 heavy (non-hydrogen) atoms. The van der Waals surface area contributed by atoms with Crippen LogP contribution in [0.2, 0.25) is 0 Å². The highest BCUT2D eigenvalue weighted by molar-refractivity contribution is 6.12. The molecule has 2 N–H and O–H groups in total. The summed E-state index contributed by atoms with van der Waals surface area (Å²) in [6.07, 6.45) is -1.02. The number of carbonyl (C=O) groups excluding carboxylic acids is 2. The number of hydrogen-bond donors (Lipinski definition) is 2. The number of amides is 3. The second-order valence-corrected chi connectivity index (χ2v) is 8.03. The van der Waals surface area contributed by atoms with Crippen LogP contribution in [-0.2, 0) is 4.79 Å². The zero-order valence-electron chi connectivity index (χ0n) is 18.1. The van der Waals surface area contributed by atoms with Crippen molar-refractivity contribution in [3.63, 3.8) is 0 Å². The largest absolute Gasteiger partial charge is 0.354 e. The van der Waals surface area contributed by atoms with Crippen LogP contribution >= 0.6 is 0 Å². The Kier molecular flexibility index (Phi) is 5.90. The summed E-state index contributed by atoms with van der Waals surface area (Å²) in [6, 6.07) is 14.8. The average molecular weight is 421 g/mol. The third kappa shape index (κ3) is 4.54. The number of benzodiazepines with no additional fused rings is 1. The van der Waals surface area contributed by atoms with E-state index in [1.807, 2.05) is 55.5 Å². The quantitative estimate of drug-likeness (QED) is 0.780. The molecule has 3 amide bonds. The van der Waals surface area contributed by atoms with E-state index in [9.17, 15) is 9.59 Å². The maximum atomic E-state index is 13.2. The Balaban J connectivity index is 1.63. The van der Waals surface area contributed by atoms with E-state index in [4.69, 9.17) is 4.99 Å². The number of piperazine rings is 1. The summed E-state index contributed by atoms with van der Waals surface area (Å²) in [6.45, 7) is 5.40. The predicted octanol–water partition coefficient (Wildman–Crippen LogP) is 2.11. The highest BCUT2D eigenvalue weighted by atomic mass is 16.2. The Hall–Kier alpha value is -3.39. The predicted molar refractivity (Wildman–Crippen MR) is 123 cm³/mol. The molecule has 0 aromatic heterocycles. The molecule has 0 bridgehead atoms. The average Bonchev–Trinajstić information content (AvgIpc) is 2.85. The molecule has 4 rings (SSSR count). The van der Waals surface area contributed by atoms with Crippen LogP contribution in [0.25, 0.3) is 0 Å². The third-order valence-corrected chi connectivity index (χ3v) is 5.67. The summed E-state index contributed by atoms with van der Waals surface area (Å²) < 4.78 is 0. The minimum atomic E-state index is -1.02. The number of carbonyl (C=O) groups is 2. The minimum absolute atomic E-state index is 0.282. The molecule has 2 heterocycles. The summed E-state index contributed by atoms with van der Waals surface area (Å²) in [5.74, 6) is 0.457. The maximum absolute atomic E-state index is 13.2. The van der Waals surface area contributed by atoms with Gasteiger partial charge in [0.1, 0.15) is 5.84 Å². The molecule has 8 heteroatoms. The van der Waals surface area contributed by atoms with Gasteiger partial charge in [0.05, 0.1) is 5.69 Å². The summed E-state index contributed by atoms with van der Waals surface area (Å²) >= 11 is 0. The third-order valence-electron chi connectivity index (χ3n) is 5.67. The van der Waals surface area contributed by atoms with Gasteiger partial charge in [-0.15, -0.1) is 0 Å². The number of hydrogen-bond acceptors (Lipinski definition) is 5. The number of nitrogens with zero attached hydrogens (tertiary/aromatic N) is 4. The van der Waals surface area contributed by atoms with Crippen LogP contribution in [0.3, 0.4) is 0 Å². The SMILES string of the molecule is Cc1cccc(NC(=O)N[C@@H]2N=C(N3CCN(C)CC3)c3ccccc3N(C)C2=O)c1. The fourth-order valence-corrected chi connectivity index (χ4v) is 3.88. The van der Waals surface area contributed by atoms with Gasteiger partial charge in [-0.25, -0.2) is 9.79 Å². The maximum Gasteiger partial charge on any atom is 0.321 e. The van der Waals surface area contributed by atoms with Crippen molar-refractivity contribution in [2.45, 2.75) is 13.1 Å². The summed E-state index contributed by atoms with van der Waals surface area (Å²) in [5, 5.41) is 5.55. The molecule has 162 valence electrons. The standard InChI is InChI=1S/C23H28N6O2/c1-16-7-6-8-17(15-16)24-23(31)26-20-22(30)28(3)19-10-5-4-9-18(19)21(25-20)29-13-11-27(2)12-14-29/h4-10,15,20H,11-14H2,1-3H3,(H2,24,26,31)/t20-/m0/s1. The Morgan fingerprint density at radius 2 is 1.77 bits per heavy atom. The van der Waals surface area contributed by atoms with Gasteiger partial charge in [0, 0.05) is 44.5 Å². The van der Waals surface area contributed by atoms with Gasteiger partial charge >= 0.3 is 6.03 Å². The van der Waals surface area contributed by atoms with E-state index in [0.717, 1.165) is 48.8 Å². The van der Waals surface area contributed by atoms with Crippen molar-refractivity contribution in [3.8, 4) is 0 Å². The van der Waals surface area contributed by atoms with Crippen molar-refractivity contribution in [3.05, 3.63) is 59.7 Å². The Bertz CT molecular complexity index is 1010. The minimum Gasteiger partial charge on any atom is -0.354 e. The smallest absolute Gasteiger partial charge is 0.321 e. The molecule has 2 aromatic rings. The van der Waals surface area contributed by atoms with Crippen LogP contribution in [-0.4, -0.2) is 74.0 Å². The van der Waals surface area contributed by atoms with Crippen LogP contribution in [0.4, 0.5) is 16.2 Å². The van der Waals surface area contributed by atoms with E-state index in [1.54, 1.807) is 11.9 Å². The number of para-hydroxylation sites is 1. The molecular formula is C23H28N6O2. The molecule has 0 radical (unpaired) electrons. The number of aryl methyl sites for hydroxylation is 1. The van der Waals surface area contributed by atoms with Crippen molar-refractivity contribution in [2.75, 3.05) is 50.5 Å². The fraction of sp³-hybridized carbons (Fsp3) is 0.348. The second-order valence-electron chi connectivity index (χ2n) is 8.03. The van der Waals surface area contributed by atoms with E-state index in [2.05, 4.69) is 27.5 Å². The van der Waals surface area contributed by atoms with Gasteiger partial charge in [-0.05, 0) is 43.8 Å². The molecule has 0 aliphatic carbocycles. The number of anilines is 2. The molecule has 2 aliphatic rings. The lowest BCUT2D eigenvalue weighted by atomic mass is 10.1. The molecule has 1 atom stereocenters. The summed E-state index contributed by atoms with van der Waals surface area (Å²) in [7, 11) is 3.81. The van der Waals surface area contributed by atoms with E-state index >= 15 is 0 Å². The molecule has 0 unspecified atom stereocenters. The van der Waals surface area contributed by atoms with Gasteiger partial charge in [0.25, 0.3) is 5.91 Å². The van der Waals surface area contributed by atoms with E-state index in [1.165, 1.54) is 0 Å². The van der Waals surface area contributed by atoms with Gasteiger partial charge < -0.3 is 25.3 Å². The number of benzene rings is 2. The number of urea groups is 1. The molecule has 8 nitrogen and oxygen atoms in total. The Labute approximate surface area is 182 Å². The first kappa shape index (κ1) is 20.9. The molecule has 1 saturated heterocycles. The highest BCUT2D eigenvalue weighted by Crippen LogP contribution is 2.26. The zero-order valence-corrected chi connectivity index (χ0v) is 18.1. The Morgan fingerprint density at radius 1 is 1.03 bits per heavy atom. The van der Waals surface area contributed by atoms with Crippen LogP contribution in [0.1, 0.15) is 11.1 Å². The van der Waals surface area contributed by atoms with Crippen LogP contribution < -0.4 is 15.5 Å². The number of likely N-dealkylation sites (N-methyl/N-ethyl adjacent to an activating group) is 2. The number of amidine groups is 1. The lowest BCUT2D eigenvalue weighted by molar-refractivity contribution is -0.119. The van der Waals surface area contributed by atoms with Crippen molar-refractivity contribution >= 4 is 29.1 Å². The molecular weight excluding hydrogens is 392 g/mol. The molecule has 2 aliphatic heterocycles. The monoisotopic (exact) mass is 420 g/mol. The van der Waals surface area contributed by atoms with E-state index in [0.29, 0.717) is 5.69 Å². The van der Waals surface area contributed by atoms with E-state index in [-0.39, 0.29) is 5.91 Å². The molecule has 2 aromatic carbocycles. The first-order chi connectivity index (χ1) is 14.9. The van der Waals surface area contributed by atoms with Crippen LogP contribution in [0.5, 0.6) is 0 Å². The topological polar surface area (TPSA) is 80.3 Å². The summed E-state index contributed by atoms with van der Waals surface area (Å²) in [5.41, 5.74) is 3.38. The molecule has 0 spiro atoms. The fourth-order valence-electron chi connectivity index (χ4n) is 3.88. The van der Waals surface area contributed by atoms with Crippen LogP contribution in [0.15, 0.2) is 53.5 Å². The zero-order chi connectivity index (χ0) is 22.0. The number of fused-ring (bicyclic) bond motifs is 1. The first-order valence-corrected chi connectivity index (χ1v) is 10.4. The van der Waals surface area contributed by atoms with Gasteiger partial charge in [-0.3, -0.25) is 4.79 Å². The van der Waals surface area contributed by atoms with Gasteiger partial charge in [0.2, 0.25) is 6.17 Å². The molecule has 0 saturated carbocycles. The van der Waals surface area contributed by atoms with Crippen molar-refractivity contribution in [1.82, 2.24) is 15.1 Å². The normalized spacial score (nSPS) is 19.4. The number of aliphatic imine (C=N–C) groups is 1. The summed E-state index contributed by atoms with van der Waals surface area (Å²) in [4.78, 5) is 36.6. The van der Waals surface area contributed by atoms with Crippen LogP contribution in [0, 0.1) is 6.92 Å². The number of nitrogens with one attached hydrogen (secondary N) is 2. The molecule has 1 fully saturated rings. The van der Waals surface area contributed by atoms with Crippen molar-refractivity contribution < 1.29 is 9.59 Å². The lowest BCUT2D eigenvalue weighted by Crippen LogP contribution is -2.49. The van der Waals surface area contributed by atoms with Crippen molar-refractivity contribution in [1.29, 1.82) is 0 Å². The van der Waals surface area contributed by atoms with Gasteiger partial charge in [0.15, 0.2) is 0 Å². The number of rotatable bonds is 2. The Morgan fingerprint density at radius 3 is 2.52 bits per heavy atom. The van der Waals surface area contributed by atoms with Crippen molar-refractivity contribution in [2.24, 2.45) is 4.99 Å². The highest BCUT2D eigenvalue weighted by Gasteiger charge is 2.33. The second kappa shape index (κ2) is 8.77. The first-order valence-electron chi connectivity index (χ1n) is 10.4. The lowest BCUT2D eigenvalue weighted by Gasteiger charge is -2.35.